The van der Waals surface area contributed by atoms with E-state index in [1.165, 1.54) is 0 Å². The molecule has 0 aliphatic rings. The average molecular weight is 265 g/mol. The van der Waals surface area contributed by atoms with Crippen molar-refractivity contribution in [3.8, 4) is 16.9 Å². The zero-order valence-corrected chi connectivity index (χ0v) is 11.2. The van der Waals surface area contributed by atoms with Gasteiger partial charge in [0.2, 0.25) is 0 Å². The molecule has 20 heavy (non-hydrogen) atoms. The number of rotatable bonds is 3. The van der Waals surface area contributed by atoms with Crippen LogP contribution >= 0.6 is 0 Å². The summed E-state index contributed by atoms with van der Waals surface area (Å²) in [6.07, 6.45) is 3.76. The molecule has 0 saturated carbocycles. The van der Waals surface area contributed by atoms with Crippen LogP contribution in [0.5, 0.6) is 0 Å². The van der Waals surface area contributed by atoms with Gasteiger partial charge in [-0.2, -0.15) is 5.10 Å². The van der Waals surface area contributed by atoms with Crippen molar-refractivity contribution in [3.05, 3.63) is 66.1 Å². The maximum absolute atomic E-state index is 9.26. The predicted molar refractivity (Wildman–Crippen MR) is 77.5 cm³/mol. The van der Waals surface area contributed by atoms with Gasteiger partial charge in [-0.05, 0) is 30.2 Å². The number of nitrogens with zero attached hydrogens (tertiary/aromatic N) is 3. The van der Waals surface area contributed by atoms with Gasteiger partial charge in [-0.25, -0.2) is 9.67 Å². The lowest BCUT2D eigenvalue weighted by molar-refractivity contribution is 0.281. The highest BCUT2D eigenvalue weighted by atomic mass is 16.3. The largest absolute Gasteiger partial charge is 0.392 e. The van der Waals surface area contributed by atoms with Gasteiger partial charge in [0, 0.05) is 17.5 Å². The molecule has 0 unspecified atom stereocenters. The third kappa shape index (κ3) is 2.46. The fourth-order valence-corrected chi connectivity index (χ4v) is 2.16. The van der Waals surface area contributed by atoms with Crippen molar-refractivity contribution in [2.75, 3.05) is 0 Å². The standard InChI is InChI=1S/C16H15N3O/c1-12-7-13(11-20)8-16(18-12)19-10-15(9-17-19)14-5-3-2-4-6-14/h2-10,20H,11H2,1H3. The molecule has 0 aliphatic carbocycles. The van der Waals surface area contributed by atoms with Crippen molar-refractivity contribution in [1.82, 2.24) is 14.8 Å². The summed E-state index contributed by atoms with van der Waals surface area (Å²) >= 11 is 0. The van der Waals surface area contributed by atoms with Crippen LogP contribution in [-0.4, -0.2) is 19.9 Å². The van der Waals surface area contributed by atoms with Crippen LogP contribution in [0.3, 0.4) is 0 Å². The average Bonchev–Trinajstić information content (AvgIpc) is 2.97. The zero-order chi connectivity index (χ0) is 13.9. The van der Waals surface area contributed by atoms with Crippen molar-refractivity contribution >= 4 is 0 Å². The summed E-state index contributed by atoms with van der Waals surface area (Å²) in [5.74, 6) is 0.719. The lowest BCUT2D eigenvalue weighted by Gasteiger charge is -2.04. The number of aryl methyl sites for hydroxylation is 1. The molecule has 0 amide bonds. The monoisotopic (exact) mass is 265 g/mol. The molecule has 0 radical (unpaired) electrons. The molecule has 100 valence electrons. The fraction of sp³-hybridized carbons (Fsp3) is 0.125. The minimum atomic E-state index is 0.00315. The topological polar surface area (TPSA) is 50.9 Å². The molecule has 1 aromatic carbocycles. The summed E-state index contributed by atoms with van der Waals surface area (Å²) in [6.45, 7) is 1.91. The van der Waals surface area contributed by atoms with Gasteiger partial charge in [0.05, 0.1) is 12.8 Å². The van der Waals surface area contributed by atoms with E-state index in [1.54, 1.807) is 4.68 Å². The highest BCUT2D eigenvalue weighted by Gasteiger charge is 2.06. The zero-order valence-electron chi connectivity index (χ0n) is 11.2. The minimum absolute atomic E-state index is 0.00315. The predicted octanol–water partition coefficient (Wildman–Crippen LogP) is 2.74. The quantitative estimate of drug-likeness (QED) is 0.792. The normalized spacial score (nSPS) is 10.7. The lowest BCUT2D eigenvalue weighted by atomic mass is 10.1. The Hall–Kier alpha value is -2.46. The van der Waals surface area contributed by atoms with Gasteiger partial charge in [0.25, 0.3) is 0 Å². The van der Waals surface area contributed by atoms with Crippen molar-refractivity contribution < 1.29 is 5.11 Å². The van der Waals surface area contributed by atoms with E-state index < -0.39 is 0 Å². The van der Waals surface area contributed by atoms with Crippen LogP contribution in [0.25, 0.3) is 16.9 Å². The number of aliphatic hydroxyl groups is 1. The summed E-state index contributed by atoms with van der Waals surface area (Å²) in [7, 11) is 0. The Morgan fingerprint density at radius 1 is 1.10 bits per heavy atom. The second-order valence-corrected chi connectivity index (χ2v) is 4.67. The SMILES string of the molecule is Cc1cc(CO)cc(-n2cc(-c3ccccc3)cn2)n1. The van der Waals surface area contributed by atoms with E-state index in [9.17, 15) is 5.11 Å². The number of benzene rings is 1. The fourth-order valence-electron chi connectivity index (χ4n) is 2.16. The lowest BCUT2D eigenvalue weighted by Crippen LogP contribution is -2.01. The molecule has 4 nitrogen and oxygen atoms in total. The van der Waals surface area contributed by atoms with E-state index in [1.807, 2.05) is 61.8 Å². The first-order valence-electron chi connectivity index (χ1n) is 6.45. The van der Waals surface area contributed by atoms with Crippen LogP contribution in [0, 0.1) is 6.92 Å². The van der Waals surface area contributed by atoms with Gasteiger partial charge < -0.3 is 5.11 Å². The van der Waals surface area contributed by atoms with Crippen molar-refractivity contribution in [2.24, 2.45) is 0 Å². The van der Waals surface area contributed by atoms with Crippen LogP contribution in [-0.2, 0) is 6.61 Å². The summed E-state index contributed by atoms with van der Waals surface area (Å²) in [5, 5.41) is 13.6. The second kappa shape index (κ2) is 5.27. The van der Waals surface area contributed by atoms with Gasteiger partial charge in [0.15, 0.2) is 5.82 Å². The van der Waals surface area contributed by atoms with E-state index in [-0.39, 0.29) is 6.61 Å². The summed E-state index contributed by atoms with van der Waals surface area (Å²) < 4.78 is 1.73. The summed E-state index contributed by atoms with van der Waals surface area (Å²) in [5.41, 5.74) is 3.86. The number of aromatic nitrogens is 3. The molecule has 1 N–H and O–H groups in total. The Bertz CT molecular complexity index is 720. The van der Waals surface area contributed by atoms with Crippen molar-refractivity contribution in [1.29, 1.82) is 0 Å². The highest BCUT2D eigenvalue weighted by molar-refractivity contribution is 5.61. The number of pyridine rings is 1. The first-order chi connectivity index (χ1) is 9.76. The van der Waals surface area contributed by atoms with Crippen molar-refractivity contribution in [3.63, 3.8) is 0 Å². The Balaban J connectivity index is 2.00. The molecular formula is C16H15N3O. The maximum atomic E-state index is 9.26. The van der Waals surface area contributed by atoms with Crippen LogP contribution in [0.2, 0.25) is 0 Å². The third-order valence-electron chi connectivity index (χ3n) is 3.11. The molecule has 0 spiro atoms. The van der Waals surface area contributed by atoms with Crippen LogP contribution in [0.1, 0.15) is 11.3 Å². The molecule has 0 fully saturated rings. The van der Waals surface area contributed by atoms with E-state index in [2.05, 4.69) is 10.1 Å². The van der Waals surface area contributed by atoms with Crippen LogP contribution in [0.15, 0.2) is 54.9 Å². The Kier molecular flexibility index (Phi) is 3.31. The van der Waals surface area contributed by atoms with E-state index in [0.717, 1.165) is 28.2 Å². The summed E-state index contributed by atoms with van der Waals surface area (Å²) in [4.78, 5) is 4.45. The number of hydrogen-bond acceptors (Lipinski definition) is 3. The molecule has 2 heterocycles. The molecule has 3 aromatic rings. The van der Waals surface area contributed by atoms with Gasteiger partial charge >= 0.3 is 0 Å². The van der Waals surface area contributed by atoms with E-state index in [4.69, 9.17) is 0 Å². The minimum Gasteiger partial charge on any atom is -0.392 e. The molecule has 0 aliphatic heterocycles. The first-order valence-corrected chi connectivity index (χ1v) is 6.45. The summed E-state index contributed by atoms with van der Waals surface area (Å²) in [6, 6.07) is 13.8. The second-order valence-electron chi connectivity index (χ2n) is 4.67. The molecule has 3 rings (SSSR count). The molecule has 4 heteroatoms. The molecular weight excluding hydrogens is 250 g/mol. The Morgan fingerprint density at radius 3 is 2.65 bits per heavy atom. The third-order valence-corrected chi connectivity index (χ3v) is 3.11. The Morgan fingerprint density at radius 2 is 1.90 bits per heavy atom. The molecule has 0 bridgehead atoms. The van der Waals surface area contributed by atoms with Gasteiger partial charge in [-0.1, -0.05) is 30.3 Å². The first kappa shape index (κ1) is 12.6. The Labute approximate surface area is 117 Å². The molecule has 2 aromatic heterocycles. The van der Waals surface area contributed by atoms with Gasteiger partial charge in [-0.3, -0.25) is 0 Å². The van der Waals surface area contributed by atoms with Crippen LogP contribution < -0.4 is 0 Å². The number of hydrogen-bond donors (Lipinski definition) is 1. The van der Waals surface area contributed by atoms with Gasteiger partial charge in [0.1, 0.15) is 0 Å². The maximum Gasteiger partial charge on any atom is 0.153 e. The van der Waals surface area contributed by atoms with Gasteiger partial charge in [-0.15, -0.1) is 0 Å². The van der Waals surface area contributed by atoms with Crippen LogP contribution in [0.4, 0.5) is 0 Å². The molecule has 0 atom stereocenters. The van der Waals surface area contributed by atoms with E-state index in [0.29, 0.717) is 0 Å². The number of aliphatic hydroxyl groups excluding tert-OH is 1. The smallest absolute Gasteiger partial charge is 0.153 e. The van der Waals surface area contributed by atoms with E-state index >= 15 is 0 Å². The highest BCUT2D eigenvalue weighted by Crippen LogP contribution is 2.19. The van der Waals surface area contributed by atoms with Crippen molar-refractivity contribution in [2.45, 2.75) is 13.5 Å². The molecule has 0 saturated heterocycles.